The van der Waals surface area contributed by atoms with Crippen LogP contribution < -0.4 is 5.32 Å². The SMILES string of the molecule is CC(C)C(=O)Nc1ccc(/C=C/C(=O)O)cc1F. The summed E-state index contributed by atoms with van der Waals surface area (Å²) in [5.74, 6) is -2.22. The highest BCUT2D eigenvalue weighted by Crippen LogP contribution is 2.17. The van der Waals surface area contributed by atoms with Gasteiger partial charge in [-0.15, -0.1) is 0 Å². The fourth-order valence-corrected chi connectivity index (χ4v) is 1.18. The van der Waals surface area contributed by atoms with Gasteiger partial charge in [0.2, 0.25) is 5.91 Å². The van der Waals surface area contributed by atoms with Crippen LogP contribution >= 0.6 is 0 Å². The number of anilines is 1. The van der Waals surface area contributed by atoms with Crippen molar-refractivity contribution in [1.29, 1.82) is 0 Å². The summed E-state index contributed by atoms with van der Waals surface area (Å²) in [5, 5.41) is 10.9. The number of carbonyl (C=O) groups excluding carboxylic acids is 1. The van der Waals surface area contributed by atoms with Gasteiger partial charge in [0, 0.05) is 12.0 Å². The van der Waals surface area contributed by atoms with Gasteiger partial charge in [-0.3, -0.25) is 4.79 Å². The van der Waals surface area contributed by atoms with Gasteiger partial charge in [-0.1, -0.05) is 19.9 Å². The van der Waals surface area contributed by atoms with Gasteiger partial charge in [0.25, 0.3) is 0 Å². The summed E-state index contributed by atoms with van der Waals surface area (Å²) in [5.41, 5.74) is 0.499. The minimum atomic E-state index is -1.10. The van der Waals surface area contributed by atoms with E-state index in [-0.39, 0.29) is 17.5 Å². The minimum Gasteiger partial charge on any atom is -0.478 e. The molecule has 4 nitrogen and oxygen atoms in total. The molecule has 96 valence electrons. The van der Waals surface area contributed by atoms with E-state index in [9.17, 15) is 14.0 Å². The maximum Gasteiger partial charge on any atom is 0.328 e. The number of rotatable bonds is 4. The quantitative estimate of drug-likeness (QED) is 0.808. The number of benzene rings is 1. The van der Waals surface area contributed by atoms with E-state index in [2.05, 4.69) is 5.32 Å². The van der Waals surface area contributed by atoms with Crippen LogP contribution in [0.2, 0.25) is 0 Å². The van der Waals surface area contributed by atoms with Crippen LogP contribution in [-0.2, 0) is 9.59 Å². The molecule has 0 aromatic heterocycles. The monoisotopic (exact) mass is 251 g/mol. The molecule has 2 N–H and O–H groups in total. The third-order valence-corrected chi connectivity index (χ3v) is 2.19. The van der Waals surface area contributed by atoms with E-state index in [4.69, 9.17) is 5.11 Å². The first-order valence-electron chi connectivity index (χ1n) is 5.41. The van der Waals surface area contributed by atoms with Gasteiger partial charge in [-0.2, -0.15) is 0 Å². The minimum absolute atomic E-state index is 0.0844. The Morgan fingerprint density at radius 1 is 1.39 bits per heavy atom. The maximum atomic E-state index is 13.6. The lowest BCUT2D eigenvalue weighted by Gasteiger charge is -2.08. The number of halogens is 1. The van der Waals surface area contributed by atoms with Crippen molar-refractivity contribution in [2.45, 2.75) is 13.8 Å². The molecule has 1 aromatic carbocycles. The molecule has 0 bridgehead atoms. The van der Waals surface area contributed by atoms with Crippen molar-refractivity contribution in [3.05, 3.63) is 35.7 Å². The van der Waals surface area contributed by atoms with Crippen molar-refractivity contribution in [3.8, 4) is 0 Å². The fourth-order valence-electron chi connectivity index (χ4n) is 1.18. The number of carbonyl (C=O) groups is 2. The highest BCUT2D eigenvalue weighted by Gasteiger charge is 2.10. The molecular formula is C13H14FNO3. The summed E-state index contributed by atoms with van der Waals surface area (Å²) in [6, 6.07) is 4.09. The Morgan fingerprint density at radius 2 is 2.06 bits per heavy atom. The Balaban J connectivity index is 2.86. The molecule has 0 fully saturated rings. The highest BCUT2D eigenvalue weighted by molar-refractivity contribution is 5.92. The molecule has 0 unspecified atom stereocenters. The second kappa shape index (κ2) is 5.95. The summed E-state index contributed by atoms with van der Waals surface area (Å²) < 4.78 is 13.6. The smallest absolute Gasteiger partial charge is 0.328 e. The summed E-state index contributed by atoms with van der Waals surface area (Å²) in [4.78, 5) is 21.7. The molecule has 0 saturated heterocycles. The van der Waals surface area contributed by atoms with Gasteiger partial charge in [-0.05, 0) is 23.8 Å². The number of hydrogen-bond donors (Lipinski definition) is 2. The number of aliphatic carboxylic acids is 1. The largest absolute Gasteiger partial charge is 0.478 e. The summed E-state index contributed by atoms with van der Waals surface area (Å²) in [6.07, 6.45) is 2.20. The summed E-state index contributed by atoms with van der Waals surface area (Å²) >= 11 is 0. The first kappa shape index (κ1) is 13.9. The van der Waals surface area contributed by atoms with E-state index < -0.39 is 11.8 Å². The predicted octanol–water partition coefficient (Wildman–Crippen LogP) is 2.52. The summed E-state index contributed by atoms with van der Waals surface area (Å²) in [7, 11) is 0. The maximum absolute atomic E-state index is 13.6. The lowest BCUT2D eigenvalue weighted by atomic mass is 10.1. The van der Waals surface area contributed by atoms with Gasteiger partial charge >= 0.3 is 5.97 Å². The Morgan fingerprint density at radius 3 is 2.56 bits per heavy atom. The predicted molar refractivity (Wildman–Crippen MR) is 66.5 cm³/mol. The molecule has 0 aliphatic rings. The Labute approximate surface area is 104 Å². The van der Waals surface area contributed by atoms with Crippen LogP contribution in [0.25, 0.3) is 6.08 Å². The van der Waals surface area contributed by atoms with E-state index >= 15 is 0 Å². The second-order valence-corrected chi connectivity index (χ2v) is 4.05. The number of carboxylic acids is 1. The third kappa shape index (κ3) is 4.01. The van der Waals surface area contributed by atoms with Crippen LogP contribution in [-0.4, -0.2) is 17.0 Å². The molecule has 1 rings (SSSR count). The van der Waals surface area contributed by atoms with E-state index in [0.29, 0.717) is 5.56 Å². The average Bonchev–Trinajstić information content (AvgIpc) is 2.29. The Bertz CT molecular complexity index is 495. The molecule has 0 spiro atoms. The van der Waals surface area contributed by atoms with Crippen molar-refractivity contribution in [1.82, 2.24) is 0 Å². The van der Waals surface area contributed by atoms with E-state index in [1.807, 2.05) is 0 Å². The van der Waals surface area contributed by atoms with Gasteiger partial charge in [-0.25, -0.2) is 9.18 Å². The molecule has 0 radical (unpaired) electrons. The normalized spacial score (nSPS) is 10.9. The number of amides is 1. The topological polar surface area (TPSA) is 66.4 Å². The van der Waals surface area contributed by atoms with Gasteiger partial charge in [0.15, 0.2) is 0 Å². The van der Waals surface area contributed by atoms with Crippen molar-refractivity contribution >= 4 is 23.6 Å². The second-order valence-electron chi connectivity index (χ2n) is 4.05. The Kier molecular flexibility index (Phi) is 4.59. The molecule has 1 amide bonds. The molecule has 5 heteroatoms. The Hall–Kier alpha value is -2.17. The molecule has 0 aliphatic carbocycles. The van der Waals surface area contributed by atoms with Crippen LogP contribution in [0.5, 0.6) is 0 Å². The number of nitrogens with one attached hydrogen (secondary N) is 1. The van der Waals surface area contributed by atoms with Crippen molar-refractivity contribution in [2.24, 2.45) is 5.92 Å². The number of hydrogen-bond acceptors (Lipinski definition) is 2. The first-order valence-corrected chi connectivity index (χ1v) is 5.41. The molecule has 0 atom stereocenters. The fraction of sp³-hybridized carbons (Fsp3) is 0.231. The molecule has 0 aliphatic heterocycles. The lowest BCUT2D eigenvalue weighted by molar-refractivity contribution is -0.131. The van der Waals surface area contributed by atoms with Gasteiger partial charge in [0.1, 0.15) is 5.82 Å². The molecule has 18 heavy (non-hydrogen) atoms. The molecule has 0 saturated carbocycles. The number of carboxylic acid groups (broad SMARTS) is 1. The lowest BCUT2D eigenvalue weighted by Crippen LogP contribution is -2.18. The third-order valence-electron chi connectivity index (χ3n) is 2.19. The molecular weight excluding hydrogens is 237 g/mol. The first-order chi connectivity index (χ1) is 8.40. The van der Waals surface area contributed by atoms with E-state index in [0.717, 1.165) is 12.1 Å². The van der Waals surface area contributed by atoms with Crippen LogP contribution in [0.1, 0.15) is 19.4 Å². The summed E-state index contributed by atoms with van der Waals surface area (Å²) in [6.45, 7) is 3.41. The van der Waals surface area contributed by atoms with Crippen molar-refractivity contribution in [3.63, 3.8) is 0 Å². The van der Waals surface area contributed by atoms with Crippen molar-refractivity contribution < 1.29 is 19.1 Å². The average molecular weight is 251 g/mol. The zero-order valence-electron chi connectivity index (χ0n) is 10.1. The zero-order chi connectivity index (χ0) is 13.7. The molecule has 1 aromatic rings. The van der Waals surface area contributed by atoms with Crippen LogP contribution in [0, 0.1) is 11.7 Å². The van der Waals surface area contributed by atoms with Gasteiger partial charge in [0.05, 0.1) is 5.69 Å². The van der Waals surface area contributed by atoms with Crippen LogP contribution in [0.15, 0.2) is 24.3 Å². The van der Waals surface area contributed by atoms with E-state index in [1.54, 1.807) is 13.8 Å². The van der Waals surface area contributed by atoms with Gasteiger partial charge < -0.3 is 10.4 Å². The van der Waals surface area contributed by atoms with Crippen LogP contribution in [0.3, 0.4) is 0 Å². The van der Waals surface area contributed by atoms with Crippen molar-refractivity contribution in [2.75, 3.05) is 5.32 Å². The zero-order valence-corrected chi connectivity index (χ0v) is 10.1. The van der Waals surface area contributed by atoms with Crippen LogP contribution in [0.4, 0.5) is 10.1 Å². The van der Waals surface area contributed by atoms with E-state index in [1.165, 1.54) is 18.2 Å². The standard InChI is InChI=1S/C13H14FNO3/c1-8(2)13(18)15-11-5-3-9(7-10(11)14)4-6-12(16)17/h3-8H,1-2H3,(H,15,18)(H,16,17)/b6-4+. The highest BCUT2D eigenvalue weighted by atomic mass is 19.1. The molecule has 0 heterocycles.